The van der Waals surface area contributed by atoms with Gasteiger partial charge in [-0.2, -0.15) is 0 Å². The number of aryl methyl sites for hydroxylation is 1. The number of benzene rings is 1. The maximum atomic E-state index is 12.0. The van der Waals surface area contributed by atoms with E-state index in [0.29, 0.717) is 25.2 Å². The normalized spacial score (nSPS) is 20.8. The Labute approximate surface area is 120 Å². The Hall–Kier alpha value is -1.61. The highest BCUT2D eigenvalue weighted by molar-refractivity contribution is 5.78. The van der Waals surface area contributed by atoms with Gasteiger partial charge in [-0.1, -0.05) is 30.3 Å². The van der Waals surface area contributed by atoms with Crippen LogP contribution in [0.2, 0.25) is 0 Å². The highest BCUT2D eigenvalue weighted by Crippen LogP contribution is 2.41. The van der Waals surface area contributed by atoms with Gasteiger partial charge < -0.3 is 5.32 Å². The van der Waals surface area contributed by atoms with Crippen LogP contribution in [-0.4, -0.2) is 29.9 Å². The minimum absolute atomic E-state index is 0.112. The van der Waals surface area contributed by atoms with Crippen molar-refractivity contribution < 1.29 is 4.79 Å². The van der Waals surface area contributed by atoms with Gasteiger partial charge in [-0.15, -0.1) is 6.58 Å². The van der Waals surface area contributed by atoms with E-state index in [9.17, 15) is 4.79 Å². The second-order valence-corrected chi connectivity index (χ2v) is 5.75. The van der Waals surface area contributed by atoms with Crippen LogP contribution in [-0.2, 0) is 11.2 Å². The molecule has 0 saturated heterocycles. The Bertz CT molecular complexity index is 507. The van der Waals surface area contributed by atoms with E-state index in [2.05, 4.69) is 41.1 Å². The number of nitrogens with zero attached hydrogens (tertiary/aromatic N) is 1. The summed E-state index contributed by atoms with van der Waals surface area (Å²) in [6, 6.07) is 9.69. The second-order valence-electron chi connectivity index (χ2n) is 5.75. The molecule has 0 aromatic heterocycles. The summed E-state index contributed by atoms with van der Waals surface area (Å²) >= 11 is 0. The summed E-state index contributed by atoms with van der Waals surface area (Å²) in [5.41, 5.74) is 2.88. The van der Waals surface area contributed by atoms with Crippen LogP contribution in [0.3, 0.4) is 0 Å². The van der Waals surface area contributed by atoms with Crippen molar-refractivity contribution in [2.45, 2.75) is 37.8 Å². The number of carbonyl (C=O) groups is 1. The average molecular weight is 270 g/mol. The maximum absolute atomic E-state index is 12.0. The standard InChI is InChI=1S/C17H22N2O/c1-2-11-18-17(20)12-19(14-8-9-14)16-10-7-13-5-3-4-6-15(13)16/h2-6,14,16H,1,7-12H2,(H,18,20)/t16-/m0/s1. The quantitative estimate of drug-likeness (QED) is 0.805. The van der Waals surface area contributed by atoms with Crippen LogP contribution in [0.1, 0.15) is 36.4 Å². The summed E-state index contributed by atoms with van der Waals surface area (Å²) in [5.74, 6) is 0.112. The van der Waals surface area contributed by atoms with Crippen molar-refractivity contribution in [2.24, 2.45) is 0 Å². The number of nitrogens with one attached hydrogen (secondary N) is 1. The highest BCUT2D eigenvalue weighted by atomic mass is 16.2. The molecule has 0 radical (unpaired) electrons. The summed E-state index contributed by atoms with van der Waals surface area (Å²) in [6.07, 6.45) is 6.47. The van der Waals surface area contributed by atoms with Gasteiger partial charge in [0.05, 0.1) is 6.54 Å². The Kier molecular flexibility index (Phi) is 3.88. The molecule has 1 fully saturated rings. The zero-order valence-corrected chi connectivity index (χ0v) is 11.8. The van der Waals surface area contributed by atoms with Crippen molar-refractivity contribution in [3.63, 3.8) is 0 Å². The van der Waals surface area contributed by atoms with Gasteiger partial charge in [0.25, 0.3) is 0 Å². The summed E-state index contributed by atoms with van der Waals surface area (Å²) in [4.78, 5) is 14.4. The summed E-state index contributed by atoms with van der Waals surface area (Å²) in [5, 5.41) is 2.89. The Balaban J connectivity index is 1.72. The smallest absolute Gasteiger partial charge is 0.234 e. The molecule has 2 aliphatic carbocycles. The van der Waals surface area contributed by atoms with E-state index in [1.54, 1.807) is 6.08 Å². The fourth-order valence-electron chi connectivity index (χ4n) is 3.19. The molecule has 0 heterocycles. The van der Waals surface area contributed by atoms with Gasteiger partial charge in [0.15, 0.2) is 0 Å². The summed E-state index contributed by atoms with van der Waals surface area (Å²) in [6.45, 7) is 4.70. The van der Waals surface area contributed by atoms with Crippen LogP contribution < -0.4 is 5.32 Å². The number of amides is 1. The molecule has 1 amide bonds. The molecule has 0 aliphatic heterocycles. The molecule has 1 aromatic rings. The fraction of sp³-hybridized carbons (Fsp3) is 0.471. The SMILES string of the molecule is C=CCNC(=O)CN(C1CC1)[C@H]1CCc2ccccc21. The van der Waals surface area contributed by atoms with Crippen LogP contribution in [0.25, 0.3) is 0 Å². The van der Waals surface area contributed by atoms with Crippen molar-refractivity contribution in [1.29, 1.82) is 0 Å². The molecule has 1 aromatic carbocycles. The van der Waals surface area contributed by atoms with E-state index in [1.165, 1.54) is 24.0 Å². The molecule has 1 atom stereocenters. The maximum Gasteiger partial charge on any atom is 0.234 e. The van der Waals surface area contributed by atoms with Gasteiger partial charge in [0, 0.05) is 18.6 Å². The number of carbonyl (C=O) groups excluding carboxylic acids is 1. The van der Waals surface area contributed by atoms with Gasteiger partial charge >= 0.3 is 0 Å². The lowest BCUT2D eigenvalue weighted by Crippen LogP contribution is -2.40. The van der Waals surface area contributed by atoms with Crippen LogP contribution in [0, 0.1) is 0 Å². The Morgan fingerprint density at radius 3 is 2.90 bits per heavy atom. The first-order chi connectivity index (χ1) is 9.79. The van der Waals surface area contributed by atoms with E-state index in [0.717, 1.165) is 12.8 Å². The molecule has 3 nitrogen and oxygen atoms in total. The van der Waals surface area contributed by atoms with Crippen molar-refractivity contribution in [3.8, 4) is 0 Å². The van der Waals surface area contributed by atoms with Crippen LogP contribution in [0.5, 0.6) is 0 Å². The van der Waals surface area contributed by atoms with Gasteiger partial charge in [0.1, 0.15) is 0 Å². The van der Waals surface area contributed by atoms with Gasteiger partial charge in [-0.25, -0.2) is 0 Å². The van der Waals surface area contributed by atoms with E-state index < -0.39 is 0 Å². The van der Waals surface area contributed by atoms with Crippen LogP contribution in [0.15, 0.2) is 36.9 Å². The molecule has 0 spiro atoms. The minimum atomic E-state index is 0.112. The lowest BCUT2D eigenvalue weighted by molar-refractivity contribution is -0.122. The van der Waals surface area contributed by atoms with Gasteiger partial charge in [0.2, 0.25) is 5.91 Å². The molecule has 106 valence electrons. The predicted molar refractivity (Wildman–Crippen MR) is 80.4 cm³/mol. The third-order valence-electron chi connectivity index (χ3n) is 4.29. The third kappa shape index (κ3) is 2.78. The fourth-order valence-corrected chi connectivity index (χ4v) is 3.19. The van der Waals surface area contributed by atoms with Gasteiger partial charge in [-0.05, 0) is 36.8 Å². The molecule has 0 unspecified atom stereocenters. The summed E-state index contributed by atoms with van der Waals surface area (Å²) < 4.78 is 0. The molecule has 3 heteroatoms. The number of rotatable bonds is 6. The molecule has 20 heavy (non-hydrogen) atoms. The first kappa shape index (κ1) is 13.4. The van der Waals surface area contributed by atoms with E-state index >= 15 is 0 Å². The van der Waals surface area contributed by atoms with E-state index in [1.807, 2.05) is 0 Å². The van der Waals surface area contributed by atoms with Crippen molar-refractivity contribution in [2.75, 3.05) is 13.1 Å². The molecular weight excluding hydrogens is 248 g/mol. The lowest BCUT2D eigenvalue weighted by atomic mass is 10.1. The highest BCUT2D eigenvalue weighted by Gasteiger charge is 2.38. The Morgan fingerprint density at radius 2 is 2.15 bits per heavy atom. The topological polar surface area (TPSA) is 32.3 Å². The molecule has 1 N–H and O–H groups in total. The van der Waals surface area contributed by atoms with Crippen LogP contribution >= 0.6 is 0 Å². The largest absolute Gasteiger partial charge is 0.352 e. The lowest BCUT2D eigenvalue weighted by Gasteiger charge is -2.29. The van der Waals surface area contributed by atoms with Crippen LogP contribution in [0.4, 0.5) is 0 Å². The van der Waals surface area contributed by atoms with Gasteiger partial charge in [-0.3, -0.25) is 9.69 Å². The minimum Gasteiger partial charge on any atom is -0.352 e. The molecule has 1 saturated carbocycles. The number of hydrogen-bond acceptors (Lipinski definition) is 2. The molecule has 2 aliphatic rings. The van der Waals surface area contributed by atoms with Crippen molar-refractivity contribution in [1.82, 2.24) is 10.2 Å². The molecule has 0 bridgehead atoms. The van der Waals surface area contributed by atoms with E-state index in [4.69, 9.17) is 0 Å². The molecular formula is C17H22N2O. The average Bonchev–Trinajstić information content (AvgIpc) is 3.22. The zero-order valence-electron chi connectivity index (χ0n) is 11.8. The summed E-state index contributed by atoms with van der Waals surface area (Å²) in [7, 11) is 0. The first-order valence-electron chi connectivity index (χ1n) is 7.50. The number of fused-ring (bicyclic) bond motifs is 1. The monoisotopic (exact) mass is 270 g/mol. The number of hydrogen-bond donors (Lipinski definition) is 1. The van der Waals surface area contributed by atoms with Crippen molar-refractivity contribution in [3.05, 3.63) is 48.0 Å². The zero-order chi connectivity index (χ0) is 13.9. The van der Waals surface area contributed by atoms with E-state index in [-0.39, 0.29) is 5.91 Å². The first-order valence-corrected chi connectivity index (χ1v) is 7.50. The third-order valence-corrected chi connectivity index (χ3v) is 4.29. The van der Waals surface area contributed by atoms with Crippen molar-refractivity contribution >= 4 is 5.91 Å². The second kappa shape index (κ2) is 5.80. The predicted octanol–water partition coefficient (Wildman–Crippen LogP) is 2.44. The molecule has 3 rings (SSSR count). The Morgan fingerprint density at radius 1 is 1.35 bits per heavy atom.